The van der Waals surface area contributed by atoms with E-state index in [1.807, 2.05) is 0 Å². The molecule has 25 heavy (non-hydrogen) atoms. The molecule has 0 unspecified atom stereocenters. The number of thioether (sulfide) groups is 1. The maximum atomic E-state index is 11.8. The minimum Gasteiger partial charge on any atom is -1.00 e. The lowest BCUT2D eigenvalue weighted by Gasteiger charge is -2.23. The first kappa shape index (κ1) is 27.5. The molecule has 0 radical (unpaired) electrons. The second-order valence-electron chi connectivity index (χ2n) is 8.23. The van der Waals surface area contributed by atoms with Gasteiger partial charge >= 0.3 is 0 Å². The topological polar surface area (TPSA) is 17.1 Å². The van der Waals surface area contributed by atoms with Gasteiger partial charge in [-0.3, -0.25) is 4.79 Å². The molecule has 0 aromatic rings. The highest BCUT2D eigenvalue weighted by molar-refractivity contribution is 8.13. The second-order valence-corrected chi connectivity index (χ2v) is 9.38. The summed E-state index contributed by atoms with van der Waals surface area (Å²) in [5.74, 6) is 0.959. The van der Waals surface area contributed by atoms with Gasteiger partial charge in [-0.15, -0.1) is 0 Å². The molecule has 0 saturated carbocycles. The van der Waals surface area contributed by atoms with Crippen molar-refractivity contribution in [2.45, 2.75) is 96.8 Å². The van der Waals surface area contributed by atoms with E-state index in [2.05, 4.69) is 28.1 Å². The van der Waals surface area contributed by atoms with Crippen LogP contribution in [0.25, 0.3) is 0 Å². The number of nitrogens with zero attached hydrogens (tertiary/aromatic N) is 1. The summed E-state index contributed by atoms with van der Waals surface area (Å²) in [6.45, 7) is 3.34. The van der Waals surface area contributed by atoms with Gasteiger partial charge in [-0.05, 0) is 6.42 Å². The predicted octanol–water partition coefficient (Wildman–Crippen LogP) is 3.44. The van der Waals surface area contributed by atoms with Crippen molar-refractivity contribution in [3.63, 3.8) is 0 Å². The van der Waals surface area contributed by atoms with Gasteiger partial charge in [0.25, 0.3) is 0 Å². The summed E-state index contributed by atoms with van der Waals surface area (Å²) in [4.78, 5) is 11.8. The largest absolute Gasteiger partial charge is 1.00 e. The van der Waals surface area contributed by atoms with Crippen molar-refractivity contribution in [3.8, 4) is 0 Å². The molecule has 0 fully saturated rings. The van der Waals surface area contributed by atoms with Crippen molar-refractivity contribution in [2.24, 2.45) is 0 Å². The van der Waals surface area contributed by atoms with Crippen LogP contribution in [0.5, 0.6) is 0 Å². The Morgan fingerprint density at radius 2 is 1.12 bits per heavy atom. The third-order valence-electron chi connectivity index (χ3n) is 4.51. The normalized spacial score (nSPS) is 11.4. The lowest BCUT2D eigenvalue weighted by atomic mass is 10.0. The molecule has 0 spiro atoms. The van der Waals surface area contributed by atoms with Crippen LogP contribution in [0.15, 0.2) is 0 Å². The molecule has 0 aliphatic heterocycles. The smallest absolute Gasteiger partial charge is 0.189 e. The minimum absolute atomic E-state index is 0. The van der Waals surface area contributed by atoms with Crippen LogP contribution in [-0.2, 0) is 4.79 Å². The zero-order valence-corrected chi connectivity index (χ0v) is 19.0. The van der Waals surface area contributed by atoms with Crippen LogP contribution in [0.2, 0.25) is 0 Å². The summed E-state index contributed by atoms with van der Waals surface area (Å²) in [5.41, 5.74) is 0. The molecule has 0 bridgehead atoms. The monoisotopic (exact) mass is 393 g/mol. The molecule has 0 aromatic carbocycles. The first-order chi connectivity index (χ1) is 11.5. The number of quaternary nitrogens is 1. The van der Waals surface area contributed by atoms with E-state index in [4.69, 9.17) is 0 Å². The number of hydrogen-bond donors (Lipinski definition) is 0. The molecule has 0 aliphatic carbocycles. The van der Waals surface area contributed by atoms with Crippen molar-refractivity contribution in [1.29, 1.82) is 0 Å². The summed E-state index contributed by atoms with van der Waals surface area (Å²) >= 11 is 1.53. The highest BCUT2D eigenvalue weighted by atomic mass is 35.5. The van der Waals surface area contributed by atoms with Gasteiger partial charge in [0.1, 0.15) is 0 Å². The molecular formula is C21H44ClNOS. The first-order valence-electron chi connectivity index (χ1n) is 10.4. The van der Waals surface area contributed by atoms with Crippen LogP contribution in [-0.4, -0.2) is 43.0 Å². The highest BCUT2D eigenvalue weighted by Gasteiger charge is 2.09. The van der Waals surface area contributed by atoms with E-state index >= 15 is 0 Å². The molecule has 0 amide bonds. The Bertz CT molecular complexity index is 292. The molecule has 152 valence electrons. The molecule has 0 atom stereocenters. The quantitative estimate of drug-likeness (QED) is 0.278. The molecule has 2 nitrogen and oxygen atoms in total. The molecule has 0 heterocycles. The standard InChI is InChI=1S/C21H44NOS.ClH/c1-5-6-7-8-9-10-11-12-13-14-15-16-17-18-21(23)24-20-19-22(2,3)4;/h5-20H2,1-4H3;1H/q+1;/p-1. The van der Waals surface area contributed by atoms with Crippen molar-refractivity contribution in [2.75, 3.05) is 33.4 Å². The average molecular weight is 394 g/mol. The van der Waals surface area contributed by atoms with Crippen molar-refractivity contribution < 1.29 is 21.7 Å². The van der Waals surface area contributed by atoms with Crippen LogP contribution >= 0.6 is 11.8 Å². The average Bonchev–Trinajstić information content (AvgIpc) is 2.50. The molecule has 0 aromatic heterocycles. The number of unbranched alkanes of at least 4 members (excludes halogenated alkanes) is 12. The zero-order chi connectivity index (χ0) is 18.1. The van der Waals surface area contributed by atoms with Gasteiger partial charge in [-0.25, -0.2) is 0 Å². The SMILES string of the molecule is CCCCCCCCCCCCCCCC(=O)SCC[N+](C)(C)C.[Cl-]. The lowest BCUT2D eigenvalue weighted by Crippen LogP contribution is -3.00. The summed E-state index contributed by atoms with van der Waals surface area (Å²) in [5, 5.41) is 0.395. The maximum absolute atomic E-state index is 11.8. The van der Waals surface area contributed by atoms with Gasteiger partial charge < -0.3 is 16.9 Å². The third kappa shape index (κ3) is 24.3. The van der Waals surface area contributed by atoms with Crippen LogP contribution < -0.4 is 12.4 Å². The second kappa shape index (κ2) is 19.0. The summed E-state index contributed by atoms with van der Waals surface area (Å²) < 4.78 is 0.943. The summed E-state index contributed by atoms with van der Waals surface area (Å²) in [6.07, 6.45) is 18.5. The number of rotatable bonds is 17. The number of hydrogen-bond acceptors (Lipinski definition) is 2. The van der Waals surface area contributed by atoms with E-state index < -0.39 is 0 Å². The zero-order valence-electron chi connectivity index (χ0n) is 17.5. The van der Waals surface area contributed by atoms with E-state index in [-0.39, 0.29) is 12.4 Å². The molecule has 0 N–H and O–H groups in total. The minimum atomic E-state index is 0. The number of carbonyl (C=O) groups is 1. The predicted molar refractivity (Wildman–Crippen MR) is 111 cm³/mol. The fourth-order valence-corrected chi connectivity index (χ4v) is 3.95. The number of halogens is 1. The van der Waals surface area contributed by atoms with E-state index in [0.29, 0.717) is 5.12 Å². The van der Waals surface area contributed by atoms with Crippen molar-refractivity contribution >= 4 is 16.9 Å². The Balaban J connectivity index is 0. The molecular weight excluding hydrogens is 350 g/mol. The van der Waals surface area contributed by atoms with Gasteiger partial charge in [0.15, 0.2) is 5.12 Å². The lowest BCUT2D eigenvalue weighted by molar-refractivity contribution is -0.867. The Hall–Kier alpha value is 0.270. The Labute approximate surface area is 168 Å². The van der Waals surface area contributed by atoms with Gasteiger partial charge in [0.2, 0.25) is 0 Å². The van der Waals surface area contributed by atoms with Crippen LogP contribution in [0.4, 0.5) is 0 Å². The van der Waals surface area contributed by atoms with Crippen molar-refractivity contribution in [1.82, 2.24) is 0 Å². The van der Waals surface area contributed by atoms with Crippen LogP contribution in [0, 0.1) is 0 Å². The van der Waals surface area contributed by atoms with Crippen molar-refractivity contribution in [3.05, 3.63) is 0 Å². The summed E-state index contributed by atoms with van der Waals surface area (Å²) in [6, 6.07) is 0. The Morgan fingerprint density at radius 3 is 1.52 bits per heavy atom. The van der Waals surface area contributed by atoms with Gasteiger partial charge in [-0.1, -0.05) is 95.7 Å². The van der Waals surface area contributed by atoms with Gasteiger partial charge in [-0.2, -0.15) is 0 Å². The Kier molecular flexibility index (Phi) is 20.9. The highest BCUT2D eigenvalue weighted by Crippen LogP contribution is 2.14. The van der Waals surface area contributed by atoms with E-state index in [0.717, 1.165) is 29.6 Å². The fraction of sp³-hybridized carbons (Fsp3) is 0.952. The fourth-order valence-electron chi connectivity index (χ4n) is 2.79. The summed E-state index contributed by atoms with van der Waals surface area (Å²) in [7, 11) is 6.53. The molecule has 0 rings (SSSR count). The third-order valence-corrected chi connectivity index (χ3v) is 5.42. The van der Waals surface area contributed by atoms with Gasteiger partial charge in [0.05, 0.1) is 33.4 Å². The Morgan fingerprint density at radius 1 is 0.720 bits per heavy atom. The maximum Gasteiger partial charge on any atom is 0.189 e. The van der Waals surface area contributed by atoms with E-state index in [1.165, 1.54) is 88.8 Å². The van der Waals surface area contributed by atoms with E-state index in [9.17, 15) is 4.79 Å². The van der Waals surface area contributed by atoms with Crippen LogP contribution in [0.1, 0.15) is 96.8 Å². The first-order valence-corrected chi connectivity index (χ1v) is 11.4. The van der Waals surface area contributed by atoms with Gasteiger partial charge in [0, 0.05) is 6.42 Å². The number of carbonyl (C=O) groups excluding carboxylic acids is 1. The van der Waals surface area contributed by atoms with E-state index in [1.54, 1.807) is 0 Å². The molecule has 0 aliphatic rings. The molecule has 4 heteroatoms. The molecule has 0 saturated heterocycles. The van der Waals surface area contributed by atoms with Crippen LogP contribution in [0.3, 0.4) is 0 Å².